The van der Waals surface area contributed by atoms with Crippen LogP contribution in [0.25, 0.3) is 0 Å². The van der Waals surface area contributed by atoms with Crippen LogP contribution in [0, 0.1) is 11.8 Å². The van der Waals surface area contributed by atoms with Gasteiger partial charge in [-0.3, -0.25) is 9.69 Å². The van der Waals surface area contributed by atoms with Crippen LogP contribution in [0.5, 0.6) is 0 Å². The van der Waals surface area contributed by atoms with Crippen molar-refractivity contribution in [2.45, 2.75) is 25.3 Å². The number of carbonyl (C=O) groups excluding carboxylic acids is 1. The maximum Gasteiger partial charge on any atom is 0.405 e. The first-order valence-corrected chi connectivity index (χ1v) is 6.63. The van der Waals surface area contributed by atoms with Crippen molar-refractivity contribution in [2.24, 2.45) is 0 Å². The fourth-order valence-electron chi connectivity index (χ4n) is 2.44. The summed E-state index contributed by atoms with van der Waals surface area (Å²) < 4.78 is 0. The minimum atomic E-state index is -1.15. The van der Waals surface area contributed by atoms with Gasteiger partial charge >= 0.3 is 6.09 Å². The summed E-state index contributed by atoms with van der Waals surface area (Å²) in [7, 11) is 0. The normalized spacial score (nSPS) is 23.3. The summed E-state index contributed by atoms with van der Waals surface area (Å²) in [5.74, 6) is 5.90. The molecule has 0 saturated carbocycles. The molecule has 2 amide bonds. The lowest BCUT2D eigenvalue weighted by Gasteiger charge is -2.13. The number of carboxylic acid groups (broad SMARTS) is 1. The first-order valence-electron chi connectivity index (χ1n) is 6.63. The van der Waals surface area contributed by atoms with Gasteiger partial charge in [-0.1, -0.05) is 11.8 Å². The maximum atomic E-state index is 11.8. The van der Waals surface area contributed by atoms with Crippen molar-refractivity contribution in [3.63, 3.8) is 0 Å². The predicted molar refractivity (Wildman–Crippen MR) is 69.6 cm³/mol. The summed E-state index contributed by atoms with van der Waals surface area (Å²) in [6.07, 6.45) is 1.86. The van der Waals surface area contributed by atoms with E-state index in [1.54, 1.807) is 4.90 Å². The van der Waals surface area contributed by atoms with E-state index in [1.165, 1.54) is 12.8 Å². The largest absolute Gasteiger partial charge is 0.465 e. The molecule has 2 N–H and O–H groups in total. The Balaban J connectivity index is 1.73. The highest BCUT2D eigenvalue weighted by Gasteiger charge is 2.31. The van der Waals surface area contributed by atoms with Gasteiger partial charge in [0.05, 0.1) is 13.1 Å². The van der Waals surface area contributed by atoms with E-state index in [-0.39, 0.29) is 5.91 Å². The minimum Gasteiger partial charge on any atom is -0.465 e. The lowest BCUT2D eigenvalue weighted by molar-refractivity contribution is -0.128. The van der Waals surface area contributed by atoms with Gasteiger partial charge in [0.1, 0.15) is 6.04 Å². The highest BCUT2D eigenvalue weighted by Crippen LogP contribution is 2.10. The average molecular weight is 265 g/mol. The fourth-order valence-corrected chi connectivity index (χ4v) is 2.44. The van der Waals surface area contributed by atoms with Gasteiger partial charge in [-0.05, 0) is 32.4 Å². The molecule has 2 fully saturated rings. The zero-order valence-electron chi connectivity index (χ0n) is 10.9. The highest BCUT2D eigenvalue weighted by molar-refractivity contribution is 5.87. The first-order chi connectivity index (χ1) is 9.16. The van der Waals surface area contributed by atoms with E-state index in [4.69, 9.17) is 5.11 Å². The Morgan fingerprint density at radius 1 is 1.26 bits per heavy atom. The molecule has 0 spiro atoms. The summed E-state index contributed by atoms with van der Waals surface area (Å²) in [5.41, 5.74) is 0. The molecular formula is C13H19N3O3. The van der Waals surface area contributed by atoms with Gasteiger partial charge in [-0.15, -0.1) is 0 Å². The highest BCUT2D eigenvalue weighted by atomic mass is 16.4. The van der Waals surface area contributed by atoms with Crippen molar-refractivity contribution < 1.29 is 14.7 Å². The Kier molecular flexibility index (Phi) is 4.63. The molecule has 2 aliphatic rings. The first kappa shape index (κ1) is 13.7. The molecule has 2 rings (SSSR count). The van der Waals surface area contributed by atoms with Crippen molar-refractivity contribution in [1.29, 1.82) is 0 Å². The molecule has 0 aromatic rings. The third-order valence-corrected chi connectivity index (χ3v) is 3.49. The molecule has 2 heterocycles. The molecule has 0 unspecified atom stereocenters. The Morgan fingerprint density at radius 2 is 1.95 bits per heavy atom. The monoisotopic (exact) mass is 265 g/mol. The number of nitrogens with zero attached hydrogens (tertiary/aromatic N) is 2. The van der Waals surface area contributed by atoms with Gasteiger partial charge < -0.3 is 15.3 Å². The average Bonchev–Trinajstić information content (AvgIpc) is 2.98. The van der Waals surface area contributed by atoms with Crippen LogP contribution in [0.3, 0.4) is 0 Å². The van der Waals surface area contributed by atoms with Crippen LogP contribution in [-0.2, 0) is 4.79 Å². The summed E-state index contributed by atoms with van der Waals surface area (Å²) in [6, 6.07) is -0.599. The second-order valence-electron chi connectivity index (χ2n) is 4.89. The summed E-state index contributed by atoms with van der Waals surface area (Å²) >= 11 is 0. The molecule has 0 aliphatic carbocycles. The zero-order valence-corrected chi connectivity index (χ0v) is 10.9. The predicted octanol–water partition coefficient (Wildman–Crippen LogP) is -0.0459. The number of amides is 2. The Bertz CT molecular complexity index is 407. The molecule has 2 saturated heterocycles. The van der Waals surface area contributed by atoms with Gasteiger partial charge in [-0.25, -0.2) is 4.79 Å². The molecule has 0 bridgehead atoms. The van der Waals surface area contributed by atoms with E-state index in [0.717, 1.165) is 19.6 Å². The zero-order chi connectivity index (χ0) is 13.7. The summed E-state index contributed by atoms with van der Waals surface area (Å²) in [4.78, 5) is 26.2. The van der Waals surface area contributed by atoms with Crippen LogP contribution in [0.1, 0.15) is 19.3 Å². The van der Waals surface area contributed by atoms with E-state index in [2.05, 4.69) is 22.1 Å². The number of hydrogen-bond donors (Lipinski definition) is 2. The third kappa shape index (κ3) is 3.86. The molecule has 2 aliphatic heterocycles. The standard InChI is InChI=1S/C13H19N3O3/c17-12-11(14-13(18)19)5-10-16(12)9-4-3-8-15-6-1-2-7-15/h11,14H,1-2,5-10H2,(H,18,19)/t11-/m1/s1. The van der Waals surface area contributed by atoms with Gasteiger partial charge in [0, 0.05) is 6.54 Å². The van der Waals surface area contributed by atoms with Crippen LogP contribution < -0.4 is 5.32 Å². The topological polar surface area (TPSA) is 72.9 Å². The summed E-state index contributed by atoms with van der Waals surface area (Å²) in [6.45, 7) is 3.95. The van der Waals surface area contributed by atoms with Crippen molar-refractivity contribution >= 4 is 12.0 Å². The van der Waals surface area contributed by atoms with Crippen LogP contribution >= 0.6 is 0 Å². The lowest BCUT2D eigenvalue weighted by atomic mass is 10.2. The summed E-state index contributed by atoms with van der Waals surface area (Å²) in [5, 5.41) is 10.8. The Morgan fingerprint density at radius 3 is 2.63 bits per heavy atom. The van der Waals surface area contributed by atoms with E-state index in [0.29, 0.717) is 19.5 Å². The van der Waals surface area contributed by atoms with Gasteiger partial charge in [-0.2, -0.15) is 0 Å². The minimum absolute atomic E-state index is 0.169. The number of likely N-dealkylation sites (tertiary alicyclic amines) is 2. The molecule has 104 valence electrons. The Labute approximate surface area is 112 Å². The van der Waals surface area contributed by atoms with Gasteiger partial charge in [0.2, 0.25) is 5.91 Å². The molecule has 6 heteroatoms. The molecule has 19 heavy (non-hydrogen) atoms. The van der Waals surface area contributed by atoms with Crippen LogP contribution in [0.15, 0.2) is 0 Å². The van der Waals surface area contributed by atoms with Gasteiger partial charge in [0.25, 0.3) is 0 Å². The molecule has 1 atom stereocenters. The van der Waals surface area contributed by atoms with E-state index < -0.39 is 12.1 Å². The van der Waals surface area contributed by atoms with E-state index in [9.17, 15) is 9.59 Å². The van der Waals surface area contributed by atoms with Crippen molar-refractivity contribution in [3.8, 4) is 11.8 Å². The SMILES string of the molecule is O=C(O)N[C@@H]1CCN(CC#CCN2CCCC2)C1=O. The number of hydrogen-bond acceptors (Lipinski definition) is 3. The number of rotatable bonds is 3. The molecule has 0 aromatic carbocycles. The van der Waals surface area contributed by atoms with Crippen LogP contribution in [-0.4, -0.2) is 65.7 Å². The van der Waals surface area contributed by atoms with Crippen molar-refractivity contribution in [1.82, 2.24) is 15.1 Å². The van der Waals surface area contributed by atoms with Crippen molar-refractivity contribution in [3.05, 3.63) is 0 Å². The van der Waals surface area contributed by atoms with Crippen LogP contribution in [0.2, 0.25) is 0 Å². The second-order valence-corrected chi connectivity index (χ2v) is 4.89. The third-order valence-electron chi connectivity index (χ3n) is 3.49. The number of nitrogens with one attached hydrogen (secondary N) is 1. The molecule has 0 aromatic heterocycles. The van der Waals surface area contributed by atoms with Crippen molar-refractivity contribution in [2.75, 3.05) is 32.7 Å². The fraction of sp³-hybridized carbons (Fsp3) is 0.692. The molecule has 0 radical (unpaired) electrons. The van der Waals surface area contributed by atoms with E-state index >= 15 is 0 Å². The maximum absolute atomic E-state index is 11.8. The molecule has 6 nitrogen and oxygen atoms in total. The lowest BCUT2D eigenvalue weighted by Crippen LogP contribution is -2.40. The molecular weight excluding hydrogens is 246 g/mol. The quantitative estimate of drug-likeness (QED) is 0.702. The van der Waals surface area contributed by atoms with Gasteiger partial charge in [0.15, 0.2) is 0 Å². The second kappa shape index (κ2) is 6.43. The number of carbonyl (C=O) groups is 2. The van der Waals surface area contributed by atoms with Crippen LogP contribution in [0.4, 0.5) is 4.79 Å². The Hall–Kier alpha value is -1.74. The smallest absolute Gasteiger partial charge is 0.405 e. The van der Waals surface area contributed by atoms with E-state index in [1.807, 2.05) is 0 Å².